The summed E-state index contributed by atoms with van der Waals surface area (Å²) in [4.78, 5) is 51.5. The molecule has 0 aliphatic carbocycles. The minimum atomic E-state index is -2.12. The molecular weight excluding hydrogens is 484 g/mol. The van der Waals surface area contributed by atoms with Gasteiger partial charge in [0, 0.05) is 21.6 Å². The summed E-state index contributed by atoms with van der Waals surface area (Å²) in [5.74, 6) is -5.89. The molecule has 0 saturated carbocycles. The van der Waals surface area contributed by atoms with Crippen LogP contribution in [0.3, 0.4) is 0 Å². The number of hydrogen-bond donors (Lipinski definition) is 4. The summed E-state index contributed by atoms with van der Waals surface area (Å²) >= 11 is 3.29. The summed E-state index contributed by atoms with van der Waals surface area (Å²) in [5.41, 5.74) is -1.32. The van der Waals surface area contributed by atoms with Gasteiger partial charge in [-0.1, -0.05) is 15.9 Å². The minimum Gasteiger partial charge on any atom is -0.508 e. The molecule has 0 aromatic heterocycles. The molecule has 4 N–H and O–H groups in total. The second-order valence-corrected chi connectivity index (χ2v) is 8.79. The van der Waals surface area contributed by atoms with Crippen LogP contribution in [0.15, 0.2) is 46.9 Å². The Bertz CT molecular complexity index is 1150. The van der Waals surface area contributed by atoms with Gasteiger partial charge in [0.15, 0.2) is 11.3 Å². The maximum atomic E-state index is 13.5. The van der Waals surface area contributed by atoms with Crippen molar-refractivity contribution in [2.45, 2.75) is 18.5 Å². The highest BCUT2D eigenvalue weighted by atomic mass is 79.9. The molecule has 4 unspecified atom stereocenters. The monoisotopic (exact) mass is 502 g/mol. The number of aliphatic carboxylic acids is 1. The van der Waals surface area contributed by atoms with Crippen molar-refractivity contribution in [3.63, 3.8) is 0 Å². The maximum absolute atomic E-state index is 13.5. The van der Waals surface area contributed by atoms with E-state index in [9.17, 15) is 34.5 Å². The number of nitrogens with zero attached hydrogens (tertiary/aromatic N) is 1. The standard InChI is InChI=1S/C22H19BrN2O7/c1-10(27)11-2-5-13(6-3-11)25-19(29)16-17(20(25)30)22(9-26,21(31)32)24-18(16)14-8-12(23)4-7-15(14)28/h2-8,16-18,24,26,28H,9H2,1H3,(H,31,32). The Labute approximate surface area is 190 Å². The number of halogens is 1. The van der Waals surface area contributed by atoms with E-state index in [0.29, 0.717) is 10.0 Å². The smallest absolute Gasteiger partial charge is 0.327 e. The van der Waals surface area contributed by atoms with E-state index in [1.165, 1.54) is 43.3 Å². The van der Waals surface area contributed by atoms with Gasteiger partial charge in [0.2, 0.25) is 11.8 Å². The number of carbonyl (C=O) groups excluding carboxylic acids is 3. The molecule has 166 valence electrons. The molecule has 0 radical (unpaired) electrons. The first-order valence-electron chi connectivity index (χ1n) is 9.71. The van der Waals surface area contributed by atoms with Gasteiger partial charge in [-0.15, -0.1) is 0 Å². The van der Waals surface area contributed by atoms with E-state index in [1.807, 2.05) is 0 Å². The Morgan fingerprint density at radius 1 is 1.12 bits per heavy atom. The third-order valence-electron chi connectivity index (χ3n) is 6.14. The zero-order valence-electron chi connectivity index (χ0n) is 16.8. The number of phenolic OH excluding ortho intramolecular Hbond substituents is 1. The van der Waals surface area contributed by atoms with Crippen molar-refractivity contribution in [2.75, 3.05) is 11.5 Å². The number of carboxylic acid groups (broad SMARTS) is 1. The fraction of sp³-hybridized carbons (Fsp3) is 0.273. The number of aromatic hydroxyl groups is 1. The van der Waals surface area contributed by atoms with Gasteiger partial charge in [0.05, 0.1) is 24.1 Å². The lowest BCUT2D eigenvalue weighted by Gasteiger charge is -2.29. The van der Waals surface area contributed by atoms with E-state index in [2.05, 4.69) is 21.2 Å². The molecule has 2 aliphatic heterocycles. The molecule has 2 aromatic rings. The van der Waals surface area contributed by atoms with E-state index in [0.717, 1.165) is 4.90 Å². The number of Topliss-reactive ketones (excluding diaryl/α,β-unsaturated/α-hetero) is 1. The van der Waals surface area contributed by atoms with Crippen LogP contribution in [0.4, 0.5) is 5.69 Å². The van der Waals surface area contributed by atoms with Crippen LogP contribution in [0, 0.1) is 11.8 Å². The lowest BCUT2D eigenvalue weighted by atomic mass is 9.79. The van der Waals surface area contributed by atoms with E-state index >= 15 is 0 Å². The van der Waals surface area contributed by atoms with E-state index < -0.39 is 47.8 Å². The summed E-state index contributed by atoms with van der Waals surface area (Å²) < 4.78 is 0.578. The van der Waals surface area contributed by atoms with Crippen molar-refractivity contribution in [1.82, 2.24) is 5.32 Å². The first kappa shape index (κ1) is 22.1. The first-order chi connectivity index (χ1) is 15.1. The number of rotatable bonds is 5. The minimum absolute atomic E-state index is 0.187. The second-order valence-electron chi connectivity index (χ2n) is 7.88. The molecule has 10 heteroatoms. The summed E-state index contributed by atoms with van der Waals surface area (Å²) in [5, 5.41) is 33.1. The molecular formula is C22H19BrN2O7. The van der Waals surface area contributed by atoms with Crippen LogP contribution in [0.2, 0.25) is 0 Å². The van der Waals surface area contributed by atoms with Crippen molar-refractivity contribution in [3.05, 3.63) is 58.1 Å². The van der Waals surface area contributed by atoms with Crippen molar-refractivity contribution in [3.8, 4) is 5.75 Å². The van der Waals surface area contributed by atoms with Crippen LogP contribution in [0.5, 0.6) is 5.75 Å². The molecule has 2 heterocycles. The Morgan fingerprint density at radius 2 is 1.78 bits per heavy atom. The number of carbonyl (C=O) groups is 4. The largest absolute Gasteiger partial charge is 0.508 e. The highest BCUT2D eigenvalue weighted by Gasteiger charge is 2.69. The summed E-state index contributed by atoms with van der Waals surface area (Å²) in [6.07, 6.45) is 0. The number of anilines is 1. The van der Waals surface area contributed by atoms with Gasteiger partial charge >= 0.3 is 5.97 Å². The number of nitrogens with one attached hydrogen (secondary N) is 1. The van der Waals surface area contributed by atoms with Gasteiger partial charge in [-0.25, -0.2) is 4.90 Å². The molecule has 4 atom stereocenters. The average molecular weight is 503 g/mol. The van der Waals surface area contributed by atoms with Gasteiger partial charge in [-0.2, -0.15) is 0 Å². The first-order valence-corrected chi connectivity index (χ1v) is 10.5. The van der Waals surface area contributed by atoms with Crippen LogP contribution in [0.25, 0.3) is 0 Å². The third-order valence-corrected chi connectivity index (χ3v) is 6.64. The number of phenols is 1. The number of hydrogen-bond acceptors (Lipinski definition) is 7. The van der Waals surface area contributed by atoms with Crippen LogP contribution in [-0.2, 0) is 14.4 Å². The van der Waals surface area contributed by atoms with Gasteiger partial charge < -0.3 is 15.3 Å². The molecule has 2 amide bonds. The van der Waals surface area contributed by atoms with Gasteiger partial charge in [0.25, 0.3) is 0 Å². The van der Waals surface area contributed by atoms with E-state index in [-0.39, 0.29) is 22.8 Å². The normalized spacial score (nSPS) is 27.0. The molecule has 0 bridgehead atoms. The van der Waals surface area contributed by atoms with Crippen molar-refractivity contribution in [1.29, 1.82) is 0 Å². The lowest BCUT2D eigenvalue weighted by molar-refractivity contribution is -0.150. The number of benzene rings is 2. The highest BCUT2D eigenvalue weighted by molar-refractivity contribution is 9.10. The van der Waals surface area contributed by atoms with Crippen LogP contribution >= 0.6 is 15.9 Å². The zero-order valence-corrected chi connectivity index (χ0v) is 18.4. The van der Waals surface area contributed by atoms with Gasteiger partial charge in [-0.3, -0.25) is 24.5 Å². The van der Waals surface area contributed by atoms with Gasteiger partial charge in [0.1, 0.15) is 5.75 Å². The Kier molecular flexibility index (Phi) is 5.40. The van der Waals surface area contributed by atoms with E-state index in [1.54, 1.807) is 6.07 Å². The number of aliphatic hydroxyl groups is 1. The number of aliphatic hydroxyl groups excluding tert-OH is 1. The van der Waals surface area contributed by atoms with Crippen molar-refractivity contribution < 1.29 is 34.5 Å². The number of amides is 2. The molecule has 4 rings (SSSR count). The number of carboxylic acids is 1. The summed E-state index contributed by atoms with van der Waals surface area (Å²) in [6, 6.07) is 9.27. The maximum Gasteiger partial charge on any atom is 0.327 e. The van der Waals surface area contributed by atoms with Crippen LogP contribution < -0.4 is 10.2 Å². The zero-order chi connectivity index (χ0) is 23.4. The number of imide groups is 1. The van der Waals surface area contributed by atoms with Crippen LogP contribution in [0.1, 0.15) is 28.9 Å². The Hall–Kier alpha value is -3.08. The van der Waals surface area contributed by atoms with Crippen molar-refractivity contribution in [2.24, 2.45) is 11.8 Å². The quantitative estimate of drug-likeness (QED) is 0.356. The number of fused-ring (bicyclic) bond motifs is 1. The fourth-order valence-corrected chi connectivity index (χ4v) is 4.93. The summed E-state index contributed by atoms with van der Waals surface area (Å²) in [6.45, 7) is 0.444. The SMILES string of the molecule is CC(=O)c1ccc(N2C(=O)C3C(c4cc(Br)ccc4O)NC(CO)(C(=O)O)C3C2=O)cc1. The topological polar surface area (TPSA) is 144 Å². The lowest BCUT2D eigenvalue weighted by Crippen LogP contribution is -2.58. The molecule has 2 aliphatic rings. The predicted molar refractivity (Wildman–Crippen MR) is 115 cm³/mol. The Balaban J connectivity index is 1.85. The molecule has 2 aromatic carbocycles. The van der Waals surface area contributed by atoms with Crippen molar-refractivity contribution >= 4 is 45.2 Å². The highest BCUT2D eigenvalue weighted by Crippen LogP contribution is 2.51. The summed E-state index contributed by atoms with van der Waals surface area (Å²) in [7, 11) is 0. The second kappa shape index (κ2) is 7.80. The van der Waals surface area contributed by atoms with Gasteiger partial charge in [-0.05, 0) is 49.4 Å². The van der Waals surface area contributed by atoms with E-state index in [4.69, 9.17) is 0 Å². The van der Waals surface area contributed by atoms with Crippen LogP contribution in [-0.4, -0.2) is 51.0 Å². The molecule has 2 saturated heterocycles. The number of ketones is 1. The average Bonchev–Trinajstić information content (AvgIpc) is 3.24. The molecule has 2 fully saturated rings. The molecule has 32 heavy (non-hydrogen) atoms. The third kappa shape index (κ3) is 3.14. The molecule has 0 spiro atoms. The predicted octanol–water partition coefficient (Wildman–Crippen LogP) is 1.62. The fourth-order valence-electron chi connectivity index (χ4n) is 4.55. The molecule has 9 nitrogen and oxygen atoms in total. The Morgan fingerprint density at radius 3 is 2.34 bits per heavy atom.